The van der Waals surface area contributed by atoms with Crippen molar-refractivity contribution in [3.8, 4) is 12.3 Å². The fraction of sp³-hybridized carbons (Fsp3) is 0.700. The van der Waals surface area contributed by atoms with Gasteiger partial charge in [0.15, 0.2) is 0 Å². The number of ether oxygens (including phenoxy) is 1. The molecule has 0 aliphatic carbocycles. The fourth-order valence-corrected chi connectivity index (χ4v) is 1.28. The van der Waals surface area contributed by atoms with Gasteiger partial charge < -0.3 is 15.8 Å². The molecule has 4 nitrogen and oxygen atoms in total. The molecule has 0 saturated carbocycles. The van der Waals surface area contributed by atoms with E-state index in [0.29, 0.717) is 13.2 Å². The van der Waals surface area contributed by atoms with Crippen LogP contribution < -0.4 is 11.1 Å². The van der Waals surface area contributed by atoms with Gasteiger partial charge in [0.05, 0.1) is 24.7 Å². The maximum atomic E-state index is 11.7. The highest BCUT2D eigenvalue weighted by Crippen LogP contribution is 2.13. The zero-order valence-electron chi connectivity index (χ0n) is 8.54. The van der Waals surface area contributed by atoms with Gasteiger partial charge >= 0.3 is 0 Å². The van der Waals surface area contributed by atoms with Crippen molar-refractivity contribution in [1.82, 2.24) is 5.32 Å². The lowest BCUT2D eigenvalue weighted by Gasteiger charge is -2.22. The molecule has 1 saturated heterocycles. The Morgan fingerprint density at radius 1 is 1.64 bits per heavy atom. The van der Waals surface area contributed by atoms with Gasteiger partial charge in [0.2, 0.25) is 5.91 Å². The number of amides is 1. The van der Waals surface area contributed by atoms with Gasteiger partial charge in [-0.1, -0.05) is 5.92 Å². The maximum Gasteiger partial charge on any atom is 0.228 e. The van der Waals surface area contributed by atoms with Gasteiger partial charge in [0, 0.05) is 6.04 Å². The van der Waals surface area contributed by atoms with Crippen LogP contribution in [0, 0.1) is 18.3 Å². The van der Waals surface area contributed by atoms with E-state index in [2.05, 4.69) is 11.2 Å². The first kappa shape index (κ1) is 11.0. The van der Waals surface area contributed by atoms with Gasteiger partial charge in [0.25, 0.3) is 0 Å². The van der Waals surface area contributed by atoms with Crippen molar-refractivity contribution in [3.63, 3.8) is 0 Å². The lowest BCUT2D eigenvalue weighted by Crippen LogP contribution is -2.49. The van der Waals surface area contributed by atoms with Crippen molar-refractivity contribution in [1.29, 1.82) is 0 Å². The predicted octanol–water partition coefficient (Wildman–Crippen LogP) is -0.512. The van der Waals surface area contributed by atoms with Crippen molar-refractivity contribution >= 4 is 5.91 Å². The van der Waals surface area contributed by atoms with E-state index in [1.165, 1.54) is 0 Å². The van der Waals surface area contributed by atoms with Gasteiger partial charge in [-0.05, 0) is 13.8 Å². The van der Waals surface area contributed by atoms with Gasteiger partial charge in [-0.25, -0.2) is 0 Å². The highest BCUT2D eigenvalue weighted by molar-refractivity contribution is 5.81. The van der Waals surface area contributed by atoms with Gasteiger partial charge in [-0.15, -0.1) is 6.42 Å². The average Bonchev–Trinajstić information content (AvgIpc) is 2.51. The molecular weight excluding hydrogens is 180 g/mol. The van der Waals surface area contributed by atoms with Crippen molar-refractivity contribution in [3.05, 3.63) is 0 Å². The fourth-order valence-electron chi connectivity index (χ4n) is 1.28. The number of terminal acetylenes is 1. The normalized spacial score (nSPS) is 27.0. The minimum Gasteiger partial charge on any atom is -0.379 e. The van der Waals surface area contributed by atoms with E-state index in [1.807, 2.05) is 0 Å². The molecule has 14 heavy (non-hydrogen) atoms. The molecule has 78 valence electrons. The van der Waals surface area contributed by atoms with E-state index in [9.17, 15) is 4.79 Å². The van der Waals surface area contributed by atoms with Crippen LogP contribution in [0.4, 0.5) is 0 Å². The molecule has 1 aliphatic rings. The molecule has 0 aromatic carbocycles. The van der Waals surface area contributed by atoms with Gasteiger partial charge in [-0.2, -0.15) is 0 Å². The van der Waals surface area contributed by atoms with Crippen molar-refractivity contribution < 1.29 is 9.53 Å². The van der Waals surface area contributed by atoms with E-state index < -0.39 is 5.54 Å². The monoisotopic (exact) mass is 196 g/mol. The molecule has 0 bridgehead atoms. The van der Waals surface area contributed by atoms with Gasteiger partial charge in [0.1, 0.15) is 0 Å². The standard InChI is InChI=1S/C10H16N2O2/c1-4-10(2,3)12-9(13)7-5-14-6-8(7)11/h1,7-8H,5-6,11H2,2-3H3,(H,12,13). The third-order valence-corrected chi connectivity index (χ3v) is 2.26. The third kappa shape index (κ3) is 2.47. The number of hydrogen-bond donors (Lipinski definition) is 2. The number of rotatable bonds is 2. The molecule has 4 heteroatoms. The molecule has 0 aromatic heterocycles. The Morgan fingerprint density at radius 2 is 2.29 bits per heavy atom. The number of carbonyl (C=O) groups excluding carboxylic acids is 1. The molecule has 0 aromatic rings. The molecule has 2 unspecified atom stereocenters. The quantitative estimate of drug-likeness (QED) is 0.585. The van der Waals surface area contributed by atoms with Crippen LogP contribution in [0.3, 0.4) is 0 Å². The Balaban J connectivity index is 2.55. The zero-order chi connectivity index (χ0) is 10.8. The summed E-state index contributed by atoms with van der Waals surface area (Å²) in [7, 11) is 0. The zero-order valence-corrected chi connectivity index (χ0v) is 8.54. The molecule has 0 radical (unpaired) electrons. The summed E-state index contributed by atoms with van der Waals surface area (Å²) in [6.07, 6.45) is 5.26. The molecule has 3 N–H and O–H groups in total. The molecule has 1 heterocycles. The van der Waals surface area contributed by atoms with E-state index in [-0.39, 0.29) is 17.9 Å². The van der Waals surface area contributed by atoms with Crippen LogP contribution in [-0.2, 0) is 9.53 Å². The van der Waals surface area contributed by atoms with E-state index >= 15 is 0 Å². The maximum absolute atomic E-state index is 11.7. The van der Waals surface area contributed by atoms with E-state index in [4.69, 9.17) is 16.9 Å². The Bertz CT molecular complexity index is 268. The summed E-state index contributed by atoms with van der Waals surface area (Å²) in [4.78, 5) is 11.7. The van der Waals surface area contributed by atoms with E-state index in [0.717, 1.165) is 0 Å². The first-order valence-corrected chi connectivity index (χ1v) is 4.59. The Kier molecular flexibility index (Phi) is 3.14. The summed E-state index contributed by atoms with van der Waals surface area (Å²) in [6.45, 7) is 4.36. The van der Waals surface area contributed by atoms with E-state index in [1.54, 1.807) is 13.8 Å². The lowest BCUT2D eigenvalue weighted by molar-refractivity contribution is -0.126. The Labute approximate surface area is 84.2 Å². The number of carbonyl (C=O) groups is 1. The highest BCUT2D eigenvalue weighted by Gasteiger charge is 2.33. The molecular formula is C10H16N2O2. The summed E-state index contributed by atoms with van der Waals surface area (Å²) in [5.41, 5.74) is 5.08. The molecule has 1 amide bonds. The second kappa shape index (κ2) is 3.99. The van der Waals surface area contributed by atoms with Crippen LogP contribution in [0.5, 0.6) is 0 Å². The van der Waals surface area contributed by atoms with Crippen LogP contribution in [-0.4, -0.2) is 30.7 Å². The van der Waals surface area contributed by atoms with Crippen molar-refractivity contribution in [2.75, 3.05) is 13.2 Å². The largest absolute Gasteiger partial charge is 0.379 e. The first-order valence-electron chi connectivity index (χ1n) is 4.59. The third-order valence-electron chi connectivity index (χ3n) is 2.26. The lowest BCUT2D eigenvalue weighted by atomic mass is 10.0. The predicted molar refractivity (Wildman–Crippen MR) is 53.3 cm³/mol. The number of nitrogens with one attached hydrogen (secondary N) is 1. The Morgan fingerprint density at radius 3 is 2.71 bits per heavy atom. The SMILES string of the molecule is C#CC(C)(C)NC(=O)C1COCC1N. The van der Waals surface area contributed by atoms with Crippen LogP contribution in [0.2, 0.25) is 0 Å². The minimum absolute atomic E-state index is 0.127. The second-order valence-corrected chi connectivity index (χ2v) is 4.07. The summed E-state index contributed by atoms with van der Waals surface area (Å²) in [6, 6.07) is -0.219. The van der Waals surface area contributed by atoms with Crippen molar-refractivity contribution in [2.24, 2.45) is 11.7 Å². The van der Waals surface area contributed by atoms with Crippen molar-refractivity contribution in [2.45, 2.75) is 25.4 Å². The molecule has 1 rings (SSSR count). The smallest absolute Gasteiger partial charge is 0.228 e. The number of nitrogens with two attached hydrogens (primary N) is 1. The van der Waals surface area contributed by atoms with Crippen LogP contribution >= 0.6 is 0 Å². The van der Waals surface area contributed by atoms with Crippen LogP contribution in [0.15, 0.2) is 0 Å². The minimum atomic E-state index is -0.626. The Hall–Kier alpha value is -1.05. The first-order chi connectivity index (χ1) is 6.46. The molecule has 2 atom stereocenters. The topological polar surface area (TPSA) is 64.3 Å². The number of hydrogen-bond acceptors (Lipinski definition) is 3. The highest BCUT2D eigenvalue weighted by atomic mass is 16.5. The summed E-state index contributed by atoms with van der Waals surface area (Å²) >= 11 is 0. The molecule has 0 spiro atoms. The second-order valence-electron chi connectivity index (χ2n) is 4.07. The van der Waals surface area contributed by atoms with Crippen LogP contribution in [0.1, 0.15) is 13.8 Å². The summed E-state index contributed by atoms with van der Waals surface area (Å²) in [5.74, 6) is 2.09. The van der Waals surface area contributed by atoms with Gasteiger partial charge in [-0.3, -0.25) is 4.79 Å². The summed E-state index contributed by atoms with van der Waals surface area (Å²) < 4.78 is 5.10. The van der Waals surface area contributed by atoms with Crippen LogP contribution in [0.25, 0.3) is 0 Å². The molecule has 1 aliphatic heterocycles. The average molecular weight is 196 g/mol. The molecule has 1 fully saturated rings. The summed E-state index contributed by atoms with van der Waals surface area (Å²) in [5, 5.41) is 2.74.